The Morgan fingerprint density at radius 3 is 2.46 bits per heavy atom. The molecule has 1 amide bonds. The third kappa shape index (κ3) is 3.01. The fourth-order valence-corrected chi connectivity index (χ4v) is 3.52. The molecule has 0 bridgehead atoms. The van der Waals surface area contributed by atoms with E-state index >= 15 is 0 Å². The second-order valence-electron chi connectivity index (χ2n) is 6.78. The molecule has 4 rings (SSSR count). The van der Waals surface area contributed by atoms with Crippen LogP contribution in [0.2, 0.25) is 0 Å². The summed E-state index contributed by atoms with van der Waals surface area (Å²) in [5.41, 5.74) is 8.61. The molecule has 0 aliphatic rings. The van der Waals surface area contributed by atoms with E-state index in [4.69, 9.17) is 5.73 Å². The van der Waals surface area contributed by atoms with Gasteiger partial charge in [-0.25, -0.2) is 0 Å². The normalized spacial score (nSPS) is 12.0. The van der Waals surface area contributed by atoms with Gasteiger partial charge in [0.05, 0.1) is 16.6 Å². The first-order valence-corrected chi connectivity index (χ1v) is 8.65. The second-order valence-corrected chi connectivity index (χ2v) is 6.78. The van der Waals surface area contributed by atoms with Gasteiger partial charge < -0.3 is 10.3 Å². The Kier molecular flexibility index (Phi) is 4.14. The molecule has 0 spiro atoms. The first-order valence-electron chi connectivity index (χ1n) is 8.65. The van der Waals surface area contributed by atoms with Crippen LogP contribution in [0, 0.1) is 13.0 Å². The van der Waals surface area contributed by atoms with E-state index < -0.39 is 17.6 Å². The Morgan fingerprint density at radius 2 is 1.82 bits per heavy atom. The van der Waals surface area contributed by atoms with Crippen LogP contribution in [0.25, 0.3) is 21.8 Å². The summed E-state index contributed by atoms with van der Waals surface area (Å²) in [6.45, 7) is 2.29. The number of nitrogens with two attached hydrogens (primary N) is 1. The monoisotopic (exact) mass is 381 g/mol. The zero-order valence-electron chi connectivity index (χ0n) is 15.0. The number of amides is 1. The zero-order chi connectivity index (χ0) is 20.1. The molecule has 0 unspecified atom stereocenters. The topological polar surface area (TPSA) is 48.0 Å². The van der Waals surface area contributed by atoms with E-state index in [0.29, 0.717) is 17.5 Å². The molecule has 0 atom stereocenters. The van der Waals surface area contributed by atoms with Gasteiger partial charge in [-0.2, -0.15) is 13.2 Å². The average Bonchev–Trinajstić information content (AvgIpc) is 2.94. The van der Waals surface area contributed by atoms with Crippen LogP contribution in [0.5, 0.6) is 0 Å². The van der Waals surface area contributed by atoms with Crippen LogP contribution in [0.4, 0.5) is 13.2 Å². The molecule has 0 saturated heterocycles. The number of alkyl halides is 3. The predicted molar refractivity (Wildman–Crippen MR) is 102 cm³/mol. The lowest BCUT2D eigenvalue weighted by molar-refractivity contribution is -0.137. The quantitative estimate of drug-likeness (QED) is 0.529. The van der Waals surface area contributed by atoms with E-state index in [-0.39, 0.29) is 0 Å². The Labute approximate surface area is 159 Å². The van der Waals surface area contributed by atoms with Gasteiger partial charge in [0.1, 0.15) is 0 Å². The first kappa shape index (κ1) is 18.1. The Hall–Kier alpha value is -3.28. The number of aromatic nitrogens is 1. The molecule has 4 aromatic rings. The smallest absolute Gasteiger partial charge is 0.366 e. The van der Waals surface area contributed by atoms with E-state index in [1.807, 2.05) is 29.7 Å². The molecule has 1 heterocycles. The summed E-state index contributed by atoms with van der Waals surface area (Å²) in [7, 11) is 0. The third-order valence-electron chi connectivity index (χ3n) is 4.83. The number of aryl methyl sites for hydroxylation is 1. The minimum Gasteiger partial charge on any atom is -0.366 e. The van der Waals surface area contributed by atoms with Gasteiger partial charge in [-0.1, -0.05) is 24.3 Å². The van der Waals surface area contributed by atoms with Gasteiger partial charge in [0.25, 0.3) is 0 Å². The van der Waals surface area contributed by atoms with Crippen LogP contribution in [-0.2, 0) is 12.7 Å². The number of carbonyl (C=O) groups is 1. The first-order chi connectivity index (χ1) is 13.3. The van der Waals surface area contributed by atoms with Gasteiger partial charge in [-0.15, -0.1) is 0 Å². The van der Waals surface area contributed by atoms with Gasteiger partial charge in [0.15, 0.2) is 0 Å². The minimum absolute atomic E-state index is 0.359. The molecular formula is C22H16F3N2O. The summed E-state index contributed by atoms with van der Waals surface area (Å²) in [5.74, 6) is -0.534. The molecule has 0 saturated carbocycles. The summed E-state index contributed by atoms with van der Waals surface area (Å²) < 4.78 is 40.5. The number of primary amides is 1. The van der Waals surface area contributed by atoms with Gasteiger partial charge in [-0.05, 0) is 54.4 Å². The average molecular weight is 381 g/mol. The number of rotatable bonds is 3. The van der Waals surface area contributed by atoms with Crippen molar-refractivity contribution in [3.05, 3.63) is 82.9 Å². The van der Waals surface area contributed by atoms with Crippen molar-refractivity contribution in [1.82, 2.24) is 4.57 Å². The molecule has 3 nitrogen and oxygen atoms in total. The predicted octanol–water partition coefficient (Wildman–Crippen LogP) is 5.07. The number of nitrogens with zero attached hydrogens (tertiary/aromatic N) is 1. The van der Waals surface area contributed by atoms with Crippen molar-refractivity contribution in [2.75, 3.05) is 0 Å². The minimum atomic E-state index is -4.37. The van der Waals surface area contributed by atoms with Crippen LogP contribution >= 0.6 is 0 Å². The van der Waals surface area contributed by atoms with E-state index in [1.165, 1.54) is 12.1 Å². The molecule has 1 aromatic heterocycles. The van der Waals surface area contributed by atoms with Gasteiger partial charge in [-0.3, -0.25) is 4.79 Å². The molecule has 0 aliphatic heterocycles. The number of fused-ring (bicyclic) bond motifs is 3. The van der Waals surface area contributed by atoms with Crippen LogP contribution in [-0.4, -0.2) is 10.5 Å². The fraction of sp³-hybridized carbons (Fsp3) is 0.136. The highest BCUT2D eigenvalue weighted by molar-refractivity contribution is 6.17. The lowest BCUT2D eigenvalue weighted by Crippen LogP contribution is -2.11. The highest BCUT2D eigenvalue weighted by atomic mass is 19.4. The fourth-order valence-electron chi connectivity index (χ4n) is 3.52. The Balaban J connectivity index is 1.91. The van der Waals surface area contributed by atoms with Crippen molar-refractivity contribution < 1.29 is 18.0 Å². The maximum Gasteiger partial charge on any atom is 0.416 e. The molecule has 28 heavy (non-hydrogen) atoms. The summed E-state index contributed by atoms with van der Waals surface area (Å²) in [6.07, 6.45) is -4.37. The third-order valence-corrected chi connectivity index (χ3v) is 4.83. The van der Waals surface area contributed by atoms with Crippen LogP contribution in [0.1, 0.15) is 27.0 Å². The summed E-state index contributed by atoms with van der Waals surface area (Å²) in [6, 6.07) is 17.4. The zero-order valence-corrected chi connectivity index (χ0v) is 15.0. The molecule has 2 N–H and O–H groups in total. The largest absolute Gasteiger partial charge is 0.416 e. The summed E-state index contributed by atoms with van der Waals surface area (Å²) in [4.78, 5) is 11.9. The molecule has 1 radical (unpaired) electrons. The van der Waals surface area contributed by atoms with Gasteiger partial charge in [0.2, 0.25) is 5.91 Å². The Bertz CT molecular complexity index is 1200. The number of carbonyl (C=O) groups excluding carboxylic acids is 1. The SMILES string of the molecule is Cc1c[c]c2c3c(C(N)=O)cccc3n(Cc3ccc(C(F)(F)F)cc3)c2c1. The molecule has 6 heteroatoms. The molecule has 0 aliphatic carbocycles. The van der Waals surface area contributed by atoms with Crippen molar-refractivity contribution in [2.45, 2.75) is 19.6 Å². The number of hydrogen-bond donors (Lipinski definition) is 1. The van der Waals surface area contributed by atoms with Gasteiger partial charge in [0, 0.05) is 22.9 Å². The van der Waals surface area contributed by atoms with Crippen LogP contribution < -0.4 is 5.73 Å². The van der Waals surface area contributed by atoms with Crippen molar-refractivity contribution in [1.29, 1.82) is 0 Å². The molecule has 3 aromatic carbocycles. The lowest BCUT2D eigenvalue weighted by atomic mass is 10.1. The van der Waals surface area contributed by atoms with E-state index in [0.717, 1.165) is 39.7 Å². The molecular weight excluding hydrogens is 365 g/mol. The van der Waals surface area contributed by atoms with E-state index in [2.05, 4.69) is 6.07 Å². The van der Waals surface area contributed by atoms with E-state index in [1.54, 1.807) is 12.1 Å². The maximum atomic E-state index is 12.8. The standard InChI is InChI=1S/C22H16F3N2O/c1-13-5-10-16-19(11-13)27(18-4-2-3-17(20(16)18)21(26)28)12-14-6-8-15(9-7-14)22(23,24)25/h2-9,11H,12H2,1H3,(H2,26,28). The second kappa shape index (κ2) is 6.41. The van der Waals surface area contributed by atoms with Crippen LogP contribution in [0.3, 0.4) is 0 Å². The van der Waals surface area contributed by atoms with Crippen molar-refractivity contribution in [3.63, 3.8) is 0 Å². The molecule has 0 fully saturated rings. The number of benzene rings is 3. The summed E-state index contributed by atoms with van der Waals surface area (Å²) >= 11 is 0. The number of halogens is 3. The lowest BCUT2D eigenvalue weighted by Gasteiger charge is -2.10. The highest BCUT2D eigenvalue weighted by Crippen LogP contribution is 2.33. The van der Waals surface area contributed by atoms with Crippen molar-refractivity contribution in [2.24, 2.45) is 5.73 Å². The number of hydrogen-bond acceptors (Lipinski definition) is 1. The molecule has 141 valence electrons. The summed E-state index contributed by atoms with van der Waals surface area (Å²) in [5, 5.41) is 1.47. The van der Waals surface area contributed by atoms with Crippen molar-refractivity contribution in [3.8, 4) is 0 Å². The van der Waals surface area contributed by atoms with Gasteiger partial charge >= 0.3 is 6.18 Å². The van der Waals surface area contributed by atoms with E-state index in [9.17, 15) is 18.0 Å². The van der Waals surface area contributed by atoms with Crippen molar-refractivity contribution >= 4 is 27.7 Å². The highest BCUT2D eigenvalue weighted by Gasteiger charge is 2.30. The maximum absolute atomic E-state index is 12.8. The van der Waals surface area contributed by atoms with Crippen LogP contribution in [0.15, 0.2) is 54.6 Å². The Morgan fingerprint density at radius 1 is 1.11 bits per heavy atom.